The first-order chi connectivity index (χ1) is 16.2. The second-order valence-electron chi connectivity index (χ2n) is 8.57. The van der Waals surface area contributed by atoms with Crippen LogP contribution in [0.4, 0.5) is 26.3 Å². The lowest BCUT2D eigenvalue weighted by molar-refractivity contribution is -0.193. The van der Waals surface area contributed by atoms with E-state index in [2.05, 4.69) is 15.9 Å². The molecule has 1 aromatic rings. The van der Waals surface area contributed by atoms with Crippen LogP contribution in [0.15, 0.2) is 22.8 Å². The SMILES string of the molecule is O=C(O)C(F)(F)F.O=C(O)C(F)(F)F.c1coc(CN2CC[C@@]3(C[C@@H](N4CCCC4)CCO3)C2)c1. The van der Waals surface area contributed by atoms with Gasteiger partial charge in [0.25, 0.3) is 0 Å². The zero-order chi connectivity index (χ0) is 26.3. The van der Waals surface area contributed by atoms with Crippen molar-refractivity contribution in [3.05, 3.63) is 24.2 Å². The number of nitrogens with zero attached hydrogens (tertiary/aromatic N) is 2. The van der Waals surface area contributed by atoms with Crippen molar-refractivity contribution in [2.75, 3.05) is 32.8 Å². The Bertz CT molecular complexity index is 786. The molecule has 0 saturated carbocycles. The molecule has 0 unspecified atom stereocenters. The molecule has 0 aliphatic carbocycles. The van der Waals surface area contributed by atoms with Gasteiger partial charge in [0, 0.05) is 25.7 Å². The van der Waals surface area contributed by atoms with E-state index in [9.17, 15) is 26.3 Å². The topological polar surface area (TPSA) is 103 Å². The number of carboxylic acid groups (broad SMARTS) is 2. The maximum Gasteiger partial charge on any atom is 0.490 e. The molecule has 0 radical (unpaired) electrons. The van der Waals surface area contributed by atoms with Crippen LogP contribution in [0.25, 0.3) is 0 Å². The number of rotatable bonds is 3. The first kappa shape index (κ1) is 28.9. The molecular weight excluding hydrogens is 490 g/mol. The predicted molar refractivity (Wildman–Crippen MR) is 108 cm³/mol. The molecule has 35 heavy (non-hydrogen) atoms. The van der Waals surface area contributed by atoms with E-state index in [0.717, 1.165) is 38.0 Å². The van der Waals surface area contributed by atoms with Crippen molar-refractivity contribution in [1.29, 1.82) is 0 Å². The van der Waals surface area contributed by atoms with Crippen LogP contribution in [-0.4, -0.2) is 88.7 Å². The molecule has 0 bridgehead atoms. The number of alkyl halides is 6. The van der Waals surface area contributed by atoms with Crippen molar-refractivity contribution in [3.8, 4) is 0 Å². The number of hydrogen-bond donors (Lipinski definition) is 2. The van der Waals surface area contributed by atoms with E-state index in [0.29, 0.717) is 0 Å². The first-order valence-electron chi connectivity index (χ1n) is 10.9. The molecule has 3 aliphatic rings. The quantitative estimate of drug-likeness (QED) is 0.584. The molecule has 8 nitrogen and oxygen atoms in total. The molecule has 1 aromatic heterocycles. The smallest absolute Gasteiger partial charge is 0.475 e. The van der Waals surface area contributed by atoms with Crippen molar-refractivity contribution in [1.82, 2.24) is 9.80 Å². The van der Waals surface area contributed by atoms with Gasteiger partial charge in [0.1, 0.15) is 5.76 Å². The van der Waals surface area contributed by atoms with Gasteiger partial charge in [0.2, 0.25) is 0 Å². The van der Waals surface area contributed by atoms with Crippen molar-refractivity contribution >= 4 is 11.9 Å². The highest BCUT2D eigenvalue weighted by molar-refractivity contribution is 5.73. The molecule has 2 atom stereocenters. The summed E-state index contributed by atoms with van der Waals surface area (Å²) < 4.78 is 75.2. The molecule has 0 aromatic carbocycles. The van der Waals surface area contributed by atoms with Gasteiger partial charge < -0.3 is 24.3 Å². The summed E-state index contributed by atoms with van der Waals surface area (Å²) in [4.78, 5) is 23.0. The first-order valence-corrected chi connectivity index (χ1v) is 10.9. The molecule has 200 valence electrons. The van der Waals surface area contributed by atoms with Gasteiger partial charge in [0.05, 0.1) is 18.4 Å². The summed E-state index contributed by atoms with van der Waals surface area (Å²) in [5.41, 5.74) is 0.109. The molecule has 4 heterocycles. The lowest BCUT2D eigenvalue weighted by Gasteiger charge is -2.41. The third-order valence-corrected chi connectivity index (χ3v) is 5.96. The summed E-state index contributed by atoms with van der Waals surface area (Å²) in [6.07, 6.45) is -2.01. The third kappa shape index (κ3) is 9.33. The van der Waals surface area contributed by atoms with Crippen molar-refractivity contribution in [3.63, 3.8) is 0 Å². The number of likely N-dealkylation sites (tertiary alicyclic amines) is 2. The van der Waals surface area contributed by atoms with E-state index in [4.69, 9.17) is 29.0 Å². The van der Waals surface area contributed by atoms with Crippen LogP contribution in [-0.2, 0) is 20.9 Å². The van der Waals surface area contributed by atoms with Gasteiger partial charge in [-0.25, -0.2) is 9.59 Å². The summed E-state index contributed by atoms with van der Waals surface area (Å²) in [6, 6.07) is 4.80. The highest BCUT2D eigenvalue weighted by Gasteiger charge is 2.44. The minimum absolute atomic E-state index is 0.109. The van der Waals surface area contributed by atoms with Crippen LogP contribution in [0.3, 0.4) is 0 Å². The third-order valence-electron chi connectivity index (χ3n) is 5.96. The van der Waals surface area contributed by atoms with Crippen LogP contribution in [0.5, 0.6) is 0 Å². The van der Waals surface area contributed by atoms with E-state index < -0.39 is 24.3 Å². The lowest BCUT2D eigenvalue weighted by atomic mass is 9.89. The highest BCUT2D eigenvalue weighted by Crippen LogP contribution is 2.37. The zero-order valence-corrected chi connectivity index (χ0v) is 18.8. The Morgan fingerprint density at radius 2 is 1.60 bits per heavy atom. The Hall–Kier alpha value is -2.32. The number of halogens is 6. The Balaban J connectivity index is 0.000000257. The fraction of sp³-hybridized carbons (Fsp3) is 0.714. The molecule has 3 saturated heterocycles. The lowest BCUT2D eigenvalue weighted by Crippen LogP contribution is -2.49. The summed E-state index contributed by atoms with van der Waals surface area (Å²) in [6.45, 7) is 6.67. The average Bonchev–Trinajstić information content (AvgIpc) is 3.51. The Kier molecular flexibility index (Phi) is 9.98. The summed E-state index contributed by atoms with van der Waals surface area (Å²) in [5, 5.41) is 14.2. The molecule has 4 rings (SSSR count). The molecular formula is C21H28F6N2O6. The minimum Gasteiger partial charge on any atom is -0.475 e. The van der Waals surface area contributed by atoms with E-state index in [-0.39, 0.29) is 5.60 Å². The summed E-state index contributed by atoms with van der Waals surface area (Å²) >= 11 is 0. The maximum atomic E-state index is 10.6. The predicted octanol–water partition coefficient (Wildman–Crippen LogP) is 3.77. The number of hydrogen-bond acceptors (Lipinski definition) is 6. The molecule has 2 N–H and O–H groups in total. The monoisotopic (exact) mass is 518 g/mol. The number of aliphatic carboxylic acids is 2. The van der Waals surface area contributed by atoms with Crippen LogP contribution in [0.1, 0.15) is 37.9 Å². The van der Waals surface area contributed by atoms with E-state index in [1.165, 1.54) is 45.2 Å². The molecule has 1 spiro atoms. The van der Waals surface area contributed by atoms with Crippen molar-refractivity contribution < 1.29 is 55.3 Å². The Morgan fingerprint density at radius 1 is 1.03 bits per heavy atom. The van der Waals surface area contributed by atoms with Crippen molar-refractivity contribution in [2.24, 2.45) is 0 Å². The number of furan rings is 1. The summed E-state index contributed by atoms with van der Waals surface area (Å²) in [5.74, 6) is -4.45. The minimum atomic E-state index is -5.08. The van der Waals surface area contributed by atoms with Gasteiger partial charge in [-0.2, -0.15) is 26.3 Å². The average molecular weight is 518 g/mol. The summed E-state index contributed by atoms with van der Waals surface area (Å²) in [7, 11) is 0. The van der Waals surface area contributed by atoms with Crippen LogP contribution < -0.4 is 0 Å². The maximum absolute atomic E-state index is 10.6. The second kappa shape index (κ2) is 12.1. The van der Waals surface area contributed by atoms with E-state index >= 15 is 0 Å². The molecule has 3 fully saturated rings. The van der Waals surface area contributed by atoms with E-state index in [1.807, 2.05) is 6.07 Å². The molecule has 3 aliphatic heterocycles. The highest BCUT2D eigenvalue weighted by atomic mass is 19.4. The standard InChI is InChI=1S/C17H26N2O2.2C2HF3O2/c1-2-8-19(7-1)15-5-11-21-17(12-15)6-9-18(14-17)13-16-4-3-10-20-16;2*3-2(4,5)1(6)7/h3-4,10,15H,1-2,5-9,11-14H2;2*(H,6,7)/t15-,17+;;/m0../s1. The van der Waals surface area contributed by atoms with Gasteiger partial charge in [-0.15, -0.1) is 0 Å². The van der Waals surface area contributed by atoms with E-state index in [1.54, 1.807) is 6.26 Å². The number of carbonyl (C=O) groups is 2. The van der Waals surface area contributed by atoms with Gasteiger partial charge in [-0.3, -0.25) is 4.90 Å². The fourth-order valence-electron chi connectivity index (χ4n) is 4.39. The van der Waals surface area contributed by atoms with Gasteiger partial charge >= 0.3 is 24.3 Å². The van der Waals surface area contributed by atoms with Gasteiger partial charge in [0.15, 0.2) is 0 Å². The Morgan fingerprint density at radius 3 is 2.09 bits per heavy atom. The van der Waals surface area contributed by atoms with Gasteiger partial charge in [-0.1, -0.05) is 0 Å². The number of carboxylic acids is 2. The zero-order valence-electron chi connectivity index (χ0n) is 18.8. The van der Waals surface area contributed by atoms with Gasteiger partial charge in [-0.05, 0) is 57.3 Å². The largest absolute Gasteiger partial charge is 0.490 e. The molecule has 14 heteroatoms. The normalized spacial score (nSPS) is 25.5. The van der Waals surface area contributed by atoms with Crippen molar-refractivity contribution in [2.45, 2.75) is 62.6 Å². The van der Waals surface area contributed by atoms with Crippen LogP contribution >= 0.6 is 0 Å². The Labute approximate surface area is 197 Å². The van der Waals surface area contributed by atoms with Crippen LogP contribution in [0.2, 0.25) is 0 Å². The van der Waals surface area contributed by atoms with Crippen LogP contribution in [0, 0.1) is 0 Å². The number of ether oxygens (including phenoxy) is 1. The molecule has 0 amide bonds. The fourth-order valence-corrected chi connectivity index (χ4v) is 4.39. The second-order valence-corrected chi connectivity index (χ2v) is 8.57.